The van der Waals surface area contributed by atoms with Crippen molar-refractivity contribution in [1.82, 2.24) is 9.97 Å². The fraction of sp³-hybridized carbons (Fsp3) is 0.200. The van der Waals surface area contributed by atoms with Crippen LogP contribution in [0.2, 0.25) is 0 Å². The molecule has 6 rings (SSSR count). The van der Waals surface area contributed by atoms with Gasteiger partial charge in [-0.25, -0.2) is 9.97 Å². The van der Waals surface area contributed by atoms with E-state index in [1.165, 1.54) is 47.5 Å². The maximum atomic E-state index is 5.16. The predicted molar refractivity (Wildman–Crippen MR) is 144 cm³/mol. The van der Waals surface area contributed by atoms with Gasteiger partial charge in [-0.2, -0.15) is 0 Å². The second-order valence-corrected chi connectivity index (χ2v) is 10.5. The quantitative estimate of drug-likeness (QED) is 0.271. The van der Waals surface area contributed by atoms with E-state index < -0.39 is 0 Å². The van der Waals surface area contributed by atoms with Gasteiger partial charge in [-0.05, 0) is 45.2 Å². The van der Waals surface area contributed by atoms with Crippen molar-refractivity contribution < 1.29 is 0 Å². The van der Waals surface area contributed by atoms with Crippen LogP contribution in [-0.2, 0) is 0 Å². The van der Waals surface area contributed by atoms with Gasteiger partial charge in [-0.3, -0.25) is 0 Å². The van der Waals surface area contributed by atoms with Gasteiger partial charge in [-0.15, -0.1) is 11.3 Å². The Morgan fingerprint density at radius 2 is 1.36 bits per heavy atom. The molecule has 0 fully saturated rings. The molecule has 0 unspecified atom stereocenters. The van der Waals surface area contributed by atoms with Crippen LogP contribution in [0.15, 0.2) is 72.8 Å². The highest BCUT2D eigenvalue weighted by Gasteiger charge is 2.19. The summed E-state index contributed by atoms with van der Waals surface area (Å²) < 4.78 is 2.44. The van der Waals surface area contributed by atoms with Gasteiger partial charge in [0.15, 0.2) is 0 Å². The van der Waals surface area contributed by atoms with Gasteiger partial charge in [0.05, 0.1) is 15.9 Å². The van der Waals surface area contributed by atoms with Crippen molar-refractivity contribution in [3.05, 3.63) is 84.2 Å². The van der Waals surface area contributed by atoms with Crippen molar-refractivity contribution in [2.24, 2.45) is 0 Å². The zero-order chi connectivity index (χ0) is 22.7. The minimum absolute atomic E-state index is 0.254. The fourth-order valence-corrected chi connectivity index (χ4v) is 5.99. The first-order chi connectivity index (χ1) is 16.0. The number of aromatic nitrogens is 2. The zero-order valence-corrected chi connectivity index (χ0v) is 20.2. The molecule has 0 saturated heterocycles. The lowest BCUT2D eigenvalue weighted by Crippen LogP contribution is -2.00. The van der Waals surface area contributed by atoms with E-state index in [1.54, 1.807) is 0 Å². The Kier molecular flexibility index (Phi) is 4.70. The van der Waals surface area contributed by atoms with Crippen molar-refractivity contribution in [2.45, 2.75) is 39.5 Å². The Labute approximate surface area is 197 Å². The summed E-state index contributed by atoms with van der Waals surface area (Å²) in [4.78, 5) is 10.2. The van der Waals surface area contributed by atoms with Crippen molar-refractivity contribution in [2.75, 3.05) is 0 Å². The molecule has 0 spiro atoms. The molecule has 33 heavy (non-hydrogen) atoms. The second-order valence-electron chi connectivity index (χ2n) is 9.46. The third-order valence-corrected chi connectivity index (χ3v) is 7.70. The van der Waals surface area contributed by atoms with Crippen molar-refractivity contribution in [3.63, 3.8) is 0 Å². The van der Waals surface area contributed by atoms with E-state index in [0.29, 0.717) is 5.92 Å². The molecule has 6 aromatic rings. The third-order valence-electron chi connectivity index (χ3n) is 6.55. The maximum Gasteiger partial charge on any atom is 0.132 e. The molecule has 3 heteroatoms. The highest BCUT2D eigenvalue weighted by Crippen LogP contribution is 2.42. The van der Waals surface area contributed by atoms with Crippen LogP contribution >= 0.6 is 11.3 Å². The molecule has 2 nitrogen and oxygen atoms in total. The number of hydrogen-bond donors (Lipinski definition) is 0. The summed E-state index contributed by atoms with van der Waals surface area (Å²) in [6.45, 7) is 8.87. The molecule has 0 radical (unpaired) electrons. The van der Waals surface area contributed by atoms with Crippen LogP contribution in [0.4, 0.5) is 0 Å². The van der Waals surface area contributed by atoms with Crippen LogP contribution in [0, 0.1) is 0 Å². The average Bonchev–Trinajstić information content (AvgIpc) is 3.18. The summed E-state index contributed by atoms with van der Waals surface area (Å²) in [6.07, 6.45) is 0. The molecule has 4 aromatic carbocycles. The summed E-state index contributed by atoms with van der Waals surface area (Å²) in [7, 11) is 0. The SMILES string of the molecule is CC(C)c1nc(-c2ccc(C(C)C)c3ccccc23)c2sc3cc4ccccc4cc3c2n1. The third kappa shape index (κ3) is 3.22. The van der Waals surface area contributed by atoms with E-state index in [-0.39, 0.29) is 5.92 Å². The number of rotatable bonds is 3. The smallest absolute Gasteiger partial charge is 0.132 e. The van der Waals surface area contributed by atoms with Gasteiger partial charge in [0.25, 0.3) is 0 Å². The first kappa shape index (κ1) is 20.3. The molecular formula is C30H26N2S. The second kappa shape index (κ2) is 7.64. The van der Waals surface area contributed by atoms with Crippen LogP contribution in [0.1, 0.15) is 50.9 Å². The lowest BCUT2D eigenvalue weighted by molar-refractivity contribution is 0.785. The zero-order valence-electron chi connectivity index (χ0n) is 19.4. The van der Waals surface area contributed by atoms with Gasteiger partial charge in [-0.1, -0.05) is 88.4 Å². The van der Waals surface area contributed by atoms with Gasteiger partial charge in [0.2, 0.25) is 0 Å². The first-order valence-corrected chi connectivity index (χ1v) is 12.5. The molecule has 0 bridgehead atoms. The van der Waals surface area contributed by atoms with Crippen molar-refractivity contribution in [1.29, 1.82) is 0 Å². The van der Waals surface area contributed by atoms with Gasteiger partial charge in [0.1, 0.15) is 5.82 Å². The number of thiophene rings is 1. The molecule has 0 aliphatic heterocycles. The summed E-state index contributed by atoms with van der Waals surface area (Å²) >= 11 is 1.81. The summed E-state index contributed by atoms with van der Waals surface area (Å²) in [5, 5.41) is 6.32. The van der Waals surface area contributed by atoms with Gasteiger partial charge >= 0.3 is 0 Å². The monoisotopic (exact) mass is 446 g/mol. The Hall–Kier alpha value is -3.30. The topological polar surface area (TPSA) is 25.8 Å². The molecule has 0 aliphatic rings. The molecule has 0 N–H and O–H groups in total. The normalized spacial score (nSPS) is 12.2. The van der Waals surface area contributed by atoms with E-state index in [0.717, 1.165) is 17.0 Å². The van der Waals surface area contributed by atoms with Crippen LogP contribution < -0.4 is 0 Å². The largest absolute Gasteiger partial charge is 0.231 e. The molecule has 0 atom stereocenters. The number of benzene rings is 4. The van der Waals surface area contributed by atoms with E-state index in [4.69, 9.17) is 9.97 Å². The molecule has 0 aliphatic carbocycles. The highest BCUT2D eigenvalue weighted by molar-refractivity contribution is 7.26. The minimum Gasteiger partial charge on any atom is -0.231 e. The van der Waals surface area contributed by atoms with Crippen LogP contribution in [-0.4, -0.2) is 9.97 Å². The van der Waals surface area contributed by atoms with Crippen molar-refractivity contribution in [3.8, 4) is 11.3 Å². The highest BCUT2D eigenvalue weighted by atomic mass is 32.1. The average molecular weight is 447 g/mol. The number of fused-ring (bicyclic) bond motifs is 5. The van der Waals surface area contributed by atoms with E-state index in [2.05, 4.69) is 100 Å². The van der Waals surface area contributed by atoms with Crippen molar-refractivity contribution >= 4 is 53.2 Å². The summed E-state index contributed by atoms with van der Waals surface area (Å²) in [6, 6.07) is 26.5. The number of hydrogen-bond acceptors (Lipinski definition) is 3. The first-order valence-electron chi connectivity index (χ1n) is 11.7. The van der Waals surface area contributed by atoms with Crippen LogP contribution in [0.5, 0.6) is 0 Å². The fourth-order valence-electron chi connectivity index (χ4n) is 4.82. The Morgan fingerprint density at radius 3 is 2.09 bits per heavy atom. The van der Waals surface area contributed by atoms with Crippen LogP contribution in [0.3, 0.4) is 0 Å². The molecule has 0 amide bonds. The van der Waals surface area contributed by atoms with E-state index >= 15 is 0 Å². The lowest BCUT2D eigenvalue weighted by atomic mass is 9.92. The minimum atomic E-state index is 0.254. The molecular weight excluding hydrogens is 420 g/mol. The standard InChI is InChI=1S/C30H26N2S/c1-17(2)21-13-14-24(23-12-8-7-11-22(21)23)27-29-28(32-30(31-27)18(3)4)25-15-19-9-5-6-10-20(19)16-26(25)33-29/h5-18H,1-4H3. The summed E-state index contributed by atoms with van der Waals surface area (Å²) in [5.74, 6) is 1.63. The molecule has 162 valence electrons. The molecule has 2 aromatic heterocycles. The Morgan fingerprint density at radius 1 is 0.667 bits per heavy atom. The Bertz CT molecular complexity index is 1670. The number of nitrogens with zero attached hydrogens (tertiary/aromatic N) is 2. The van der Waals surface area contributed by atoms with Crippen LogP contribution in [0.25, 0.3) is 53.1 Å². The molecule has 2 heterocycles. The van der Waals surface area contributed by atoms with E-state index in [9.17, 15) is 0 Å². The van der Waals surface area contributed by atoms with E-state index in [1.807, 2.05) is 11.3 Å². The Balaban J connectivity index is 1.74. The molecule has 0 saturated carbocycles. The predicted octanol–water partition coefficient (Wildman–Crippen LogP) is 9.06. The lowest BCUT2D eigenvalue weighted by Gasteiger charge is -2.15. The maximum absolute atomic E-state index is 5.16. The summed E-state index contributed by atoms with van der Waals surface area (Å²) in [5.41, 5.74) is 4.71. The van der Waals surface area contributed by atoms with Gasteiger partial charge < -0.3 is 0 Å². The van der Waals surface area contributed by atoms with Gasteiger partial charge in [0, 0.05) is 21.6 Å².